The molecule has 0 atom stereocenters. The van der Waals surface area contributed by atoms with Crippen molar-refractivity contribution in [2.24, 2.45) is 5.92 Å². The molecule has 1 rings (SSSR count). The molecule has 0 aromatic heterocycles. The summed E-state index contributed by atoms with van der Waals surface area (Å²) in [5.74, 6) is 0.994. The van der Waals surface area contributed by atoms with Crippen molar-refractivity contribution in [1.29, 1.82) is 5.26 Å². The summed E-state index contributed by atoms with van der Waals surface area (Å²) in [6.07, 6.45) is 1.21. The maximum absolute atomic E-state index is 11.9. The van der Waals surface area contributed by atoms with Crippen LogP contribution in [-0.2, 0) is 9.53 Å². The molecule has 0 N–H and O–H groups in total. The number of hydrogen-bond acceptors (Lipinski definition) is 5. The molecule has 0 fully saturated rings. The molecule has 5 nitrogen and oxygen atoms in total. The molecule has 0 unspecified atom stereocenters. The quantitative estimate of drug-likeness (QED) is 0.409. The lowest BCUT2D eigenvalue weighted by Crippen LogP contribution is -2.12. The van der Waals surface area contributed by atoms with Crippen molar-refractivity contribution in [3.63, 3.8) is 0 Å². The molecule has 0 spiro atoms. The molecular weight excluding hydrogens is 306 g/mol. The van der Waals surface area contributed by atoms with Gasteiger partial charge in [0.15, 0.2) is 11.5 Å². The lowest BCUT2D eigenvalue weighted by molar-refractivity contribution is -0.142. The van der Waals surface area contributed by atoms with Gasteiger partial charge in [-0.3, -0.25) is 0 Å². The van der Waals surface area contributed by atoms with Crippen LogP contribution in [0.4, 0.5) is 0 Å². The van der Waals surface area contributed by atoms with Crippen LogP contribution in [0.2, 0.25) is 0 Å². The van der Waals surface area contributed by atoms with Gasteiger partial charge in [0.05, 0.1) is 19.3 Å². The van der Waals surface area contributed by atoms with Crippen molar-refractivity contribution < 1.29 is 19.0 Å². The Balaban J connectivity index is 3.07. The molecule has 0 amide bonds. The molecule has 0 saturated carbocycles. The van der Waals surface area contributed by atoms with Crippen molar-refractivity contribution >= 4 is 12.0 Å². The van der Waals surface area contributed by atoms with Crippen LogP contribution in [-0.4, -0.2) is 25.3 Å². The minimum absolute atomic E-state index is 0.0537. The first-order valence-corrected chi connectivity index (χ1v) is 8.09. The fraction of sp³-hybridized carbons (Fsp3) is 0.474. The van der Waals surface area contributed by atoms with E-state index in [1.807, 2.05) is 13.0 Å². The smallest absolute Gasteiger partial charge is 0.349 e. The van der Waals surface area contributed by atoms with Gasteiger partial charge in [-0.15, -0.1) is 0 Å². The molecular formula is C19H25NO4. The molecule has 24 heavy (non-hydrogen) atoms. The van der Waals surface area contributed by atoms with E-state index < -0.39 is 5.97 Å². The molecule has 1 aromatic carbocycles. The highest BCUT2D eigenvalue weighted by Gasteiger charge is 2.13. The Kier molecular flexibility index (Phi) is 7.84. The summed E-state index contributed by atoms with van der Waals surface area (Å²) >= 11 is 0. The number of nitriles is 1. The standard InChI is InChI=1S/C19H25NO4/c1-6-22-18-10-15(7-8-17(18)23-12-13(2)3)9-16(11-20)19(21)24-14(4)5/h7-10,13-14H,6,12H2,1-5H3/b16-9+. The second kappa shape index (κ2) is 9.61. The van der Waals surface area contributed by atoms with Crippen molar-refractivity contribution in [1.82, 2.24) is 0 Å². The van der Waals surface area contributed by atoms with E-state index in [1.165, 1.54) is 6.08 Å². The zero-order chi connectivity index (χ0) is 18.1. The normalized spacial score (nSPS) is 11.3. The molecule has 0 aliphatic heterocycles. The van der Waals surface area contributed by atoms with Gasteiger partial charge in [-0.05, 0) is 50.5 Å². The average molecular weight is 331 g/mol. The zero-order valence-electron chi connectivity index (χ0n) is 15.0. The number of rotatable bonds is 8. The first kappa shape index (κ1) is 19.6. The van der Waals surface area contributed by atoms with Crippen LogP contribution in [0.15, 0.2) is 23.8 Å². The van der Waals surface area contributed by atoms with E-state index in [1.54, 1.807) is 32.0 Å². The number of carbonyl (C=O) groups excluding carboxylic acids is 1. The Morgan fingerprint density at radius 3 is 2.46 bits per heavy atom. The maximum atomic E-state index is 11.9. The van der Waals surface area contributed by atoms with Gasteiger partial charge in [-0.1, -0.05) is 19.9 Å². The third kappa shape index (κ3) is 6.33. The van der Waals surface area contributed by atoms with E-state index >= 15 is 0 Å². The molecule has 0 heterocycles. The van der Waals surface area contributed by atoms with Crippen LogP contribution >= 0.6 is 0 Å². The molecule has 5 heteroatoms. The number of hydrogen-bond donors (Lipinski definition) is 0. The van der Waals surface area contributed by atoms with E-state index in [-0.39, 0.29) is 11.7 Å². The van der Waals surface area contributed by atoms with Gasteiger partial charge in [-0.25, -0.2) is 4.79 Å². The lowest BCUT2D eigenvalue weighted by Gasteiger charge is -2.14. The highest BCUT2D eigenvalue weighted by Crippen LogP contribution is 2.30. The third-order valence-electron chi connectivity index (χ3n) is 2.83. The number of nitrogens with zero attached hydrogens (tertiary/aromatic N) is 1. The summed E-state index contributed by atoms with van der Waals surface area (Å²) in [6, 6.07) is 7.18. The predicted molar refractivity (Wildman–Crippen MR) is 92.8 cm³/mol. The monoisotopic (exact) mass is 331 g/mol. The second-order valence-corrected chi connectivity index (χ2v) is 5.97. The van der Waals surface area contributed by atoms with Gasteiger partial charge in [0.1, 0.15) is 11.6 Å². The van der Waals surface area contributed by atoms with Crippen molar-refractivity contribution in [2.45, 2.75) is 40.7 Å². The Morgan fingerprint density at radius 1 is 1.21 bits per heavy atom. The minimum atomic E-state index is -0.634. The fourth-order valence-corrected chi connectivity index (χ4v) is 1.84. The lowest BCUT2D eigenvalue weighted by atomic mass is 10.1. The Labute approximate surface area is 143 Å². The van der Waals surface area contributed by atoms with Gasteiger partial charge < -0.3 is 14.2 Å². The third-order valence-corrected chi connectivity index (χ3v) is 2.83. The van der Waals surface area contributed by atoms with Crippen LogP contribution in [0, 0.1) is 17.2 Å². The predicted octanol–water partition coefficient (Wildman–Crippen LogP) is 3.98. The van der Waals surface area contributed by atoms with Gasteiger partial charge in [0.25, 0.3) is 0 Å². The summed E-state index contributed by atoms with van der Waals surface area (Å²) in [5.41, 5.74) is 0.620. The molecule has 130 valence electrons. The highest BCUT2D eigenvalue weighted by atomic mass is 16.5. The Hall–Kier alpha value is -2.48. The number of esters is 1. The Morgan fingerprint density at radius 2 is 1.92 bits per heavy atom. The van der Waals surface area contributed by atoms with Crippen LogP contribution < -0.4 is 9.47 Å². The first-order chi connectivity index (χ1) is 11.4. The number of ether oxygens (including phenoxy) is 3. The van der Waals surface area contributed by atoms with E-state index in [0.29, 0.717) is 36.2 Å². The van der Waals surface area contributed by atoms with Crippen LogP contribution in [0.5, 0.6) is 11.5 Å². The van der Waals surface area contributed by atoms with Gasteiger partial charge in [-0.2, -0.15) is 5.26 Å². The van der Waals surface area contributed by atoms with E-state index in [4.69, 9.17) is 19.5 Å². The molecule has 0 aliphatic rings. The van der Waals surface area contributed by atoms with Crippen LogP contribution in [0.3, 0.4) is 0 Å². The largest absolute Gasteiger partial charge is 0.490 e. The van der Waals surface area contributed by atoms with Gasteiger partial charge in [0.2, 0.25) is 0 Å². The highest BCUT2D eigenvalue weighted by molar-refractivity contribution is 5.98. The first-order valence-electron chi connectivity index (χ1n) is 8.09. The topological polar surface area (TPSA) is 68.5 Å². The van der Waals surface area contributed by atoms with Gasteiger partial charge in [0, 0.05) is 0 Å². The summed E-state index contributed by atoms with van der Waals surface area (Å²) in [5, 5.41) is 9.17. The number of benzene rings is 1. The van der Waals surface area contributed by atoms with Crippen molar-refractivity contribution in [3.8, 4) is 17.6 Å². The molecule has 0 aliphatic carbocycles. The molecule has 0 radical (unpaired) electrons. The van der Waals surface area contributed by atoms with E-state index in [9.17, 15) is 4.79 Å². The zero-order valence-corrected chi connectivity index (χ0v) is 15.0. The maximum Gasteiger partial charge on any atom is 0.349 e. The fourth-order valence-electron chi connectivity index (χ4n) is 1.84. The minimum Gasteiger partial charge on any atom is -0.490 e. The van der Waals surface area contributed by atoms with Crippen LogP contribution in [0.1, 0.15) is 40.2 Å². The summed E-state index contributed by atoms with van der Waals surface area (Å²) < 4.78 is 16.4. The van der Waals surface area contributed by atoms with Crippen molar-refractivity contribution in [2.75, 3.05) is 13.2 Å². The second-order valence-electron chi connectivity index (χ2n) is 5.97. The number of carbonyl (C=O) groups is 1. The summed E-state index contributed by atoms with van der Waals surface area (Å²) in [4.78, 5) is 11.9. The molecule has 0 bridgehead atoms. The average Bonchev–Trinajstić information content (AvgIpc) is 2.51. The van der Waals surface area contributed by atoms with E-state index in [0.717, 1.165) is 0 Å². The SMILES string of the molecule is CCOc1cc(/C=C(\C#N)C(=O)OC(C)C)ccc1OCC(C)C. The summed E-state index contributed by atoms with van der Waals surface area (Å²) in [6.45, 7) is 10.6. The Bertz CT molecular complexity index is 627. The molecule has 1 aromatic rings. The summed E-state index contributed by atoms with van der Waals surface area (Å²) in [7, 11) is 0. The van der Waals surface area contributed by atoms with Crippen molar-refractivity contribution in [3.05, 3.63) is 29.3 Å². The van der Waals surface area contributed by atoms with E-state index in [2.05, 4.69) is 13.8 Å². The van der Waals surface area contributed by atoms with Gasteiger partial charge >= 0.3 is 5.97 Å². The molecule has 0 saturated heterocycles. The van der Waals surface area contributed by atoms with Crippen LogP contribution in [0.25, 0.3) is 6.08 Å².